The molecule has 2 aromatic heterocycles. The Hall–Kier alpha value is -3.85. The van der Waals surface area contributed by atoms with Crippen molar-refractivity contribution in [3.63, 3.8) is 0 Å². The van der Waals surface area contributed by atoms with E-state index < -0.39 is 0 Å². The number of nitrogens with two attached hydrogens (primary N) is 1. The molecule has 0 spiro atoms. The standard InChI is InChI=1S/C23H20N4O2/c1-2-3-11-27-22(28)15-8-6-7-14-20(15)16(23(27)29)12-18(25)21(14)17(13-24)19-9-4-5-10-26-19/h4-10,12,29H,2-3,11,25H2,1H3/b21-17-. The zero-order chi connectivity index (χ0) is 20.5. The van der Waals surface area contributed by atoms with E-state index in [-0.39, 0.29) is 11.4 Å². The van der Waals surface area contributed by atoms with Crippen LogP contribution in [0.1, 0.15) is 25.5 Å². The van der Waals surface area contributed by atoms with Gasteiger partial charge in [0, 0.05) is 39.8 Å². The maximum Gasteiger partial charge on any atom is 0.261 e. The van der Waals surface area contributed by atoms with Crippen LogP contribution in [0.2, 0.25) is 0 Å². The lowest BCUT2D eigenvalue weighted by Crippen LogP contribution is -2.22. The molecule has 2 heterocycles. The van der Waals surface area contributed by atoms with Crippen molar-refractivity contribution in [2.75, 3.05) is 5.73 Å². The third-order valence-corrected chi connectivity index (χ3v) is 5.18. The molecule has 0 saturated carbocycles. The fraction of sp³-hybridized carbons (Fsp3) is 0.174. The van der Waals surface area contributed by atoms with Crippen LogP contribution < -0.4 is 16.5 Å². The van der Waals surface area contributed by atoms with Crippen molar-refractivity contribution in [3.8, 4) is 11.9 Å². The molecular weight excluding hydrogens is 364 g/mol. The minimum atomic E-state index is -0.249. The van der Waals surface area contributed by atoms with Crippen molar-refractivity contribution >= 4 is 32.8 Å². The van der Waals surface area contributed by atoms with Crippen molar-refractivity contribution in [1.29, 1.82) is 5.26 Å². The smallest absolute Gasteiger partial charge is 0.261 e. The molecule has 2 aromatic carbocycles. The van der Waals surface area contributed by atoms with Crippen LogP contribution in [0, 0.1) is 11.3 Å². The molecule has 6 heteroatoms. The molecule has 29 heavy (non-hydrogen) atoms. The topological polar surface area (TPSA) is 105 Å². The molecule has 0 saturated heterocycles. The molecule has 144 valence electrons. The van der Waals surface area contributed by atoms with Crippen molar-refractivity contribution in [2.24, 2.45) is 0 Å². The van der Waals surface area contributed by atoms with E-state index in [9.17, 15) is 15.2 Å². The van der Waals surface area contributed by atoms with E-state index in [1.807, 2.05) is 13.0 Å². The van der Waals surface area contributed by atoms with Crippen LogP contribution in [0.4, 0.5) is 5.69 Å². The van der Waals surface area contributed by atoms with E-state index in [0.717, 1.165) is 12.8 Å². The van der Waals surface area contributed by atoms with Gasteiger partial charge >= 0.3 is 0 Å². The van der Waals surface area contributed by atoms with Gasteiger partial charge in [-0.2, -0.15) is 5.26 Å². The maximum absolute atomic E-state index is 13.1. The van der Waals surface area contributed by atoms with Gasteiger partial charge in [0.2, 0.25) is 5.88 Å². The lowest BCUT2D eigenvalue weighted by molar-refractivity contribution is 0.409. The Morgan fingerprint density at radius 3 is 2.69 bits per heavy atom. The van der Waals surface area contributed by atoms with Gasteiger partial charge in [0.05, 0.1) is 11.3 Å². The van der Waals surface area contributed by atoms with Crippen LogP contribution in [0.25, 0.3) is 27.1 Å². The molecule has 0 bridgehead atoms. The quantitative estimate of drug-likeness (QED) is 0.526. The summed E-state index contributed by atoms with van der Waals surface area (Å²) in [6, 6.07) is 14.5. The fourth-order valence-electron chi connectivity index (χ4n) is 3.80. The second-order valence-corrected chi connectivity index (χ2v) is 6.95. The first kappa shape index (κ1) is 18.5. The molecule has 6 nitrogen and oxygen atoms in total. The summed E-state index contributed by atoms with van der Waals surface area (Å²) in [5, 5.41) is 23.5. The highest BCUT2D eigenvalue weighted by molar-refractivity contribution is 6.14. The number of nitriles is 1. The third-order valence-electron chi connectivity index (χ3n) is 5.18. The van der Waals surface area contributed by atoms with Gasteiger partial charge in [-0.3, -0.25) is 14.3 Å². The predicted octanol–water partition coefficient (Wildman–Crippen LogP) is 3.08. The molecule has 3 N–H and O–H groups in total. The van der Waals surface area contributed by atoms with Crippen molar-refractivity contribution < 1.29 is 5.11 Å². The highest BCUT2D eigenvalue weighted by Crippen LogP contribution is 2.31. The summed E-state index contributed by atoms with van der Waals surface area (Å²) in [4.78, 5) is 17.3. The molecule has 0 atom stereocenters. The van der Waals surface area contributed by atoms with Gasteiger partial charge in [0.15, 0.2) is 0 Å². The number of pyridine rings is 2. The van der Waals surface area contributed by atoms with Gasteiger partial charge in [-0.15, -0.1) is 0 Å². The summed E-state index contributed by atoms with van der Waals surface area (Å²) in [7, 11) is 0. The largest absolute Gasteiger partial charge is 0.494 e. The van der Waals surface area contributed by atoms with E-state index in [1.54, 1.807) is 42.6 Å². The highest BCUT2D eigenvalue weighted by Gasteiger charge is 2.18. The van der Waals surface area contributed by atoms with Crippen LogP contribution in [0.15, 0.2) is 53.5 Å². The van der Waals surface area contributed by atoms with Crippen molar-refractivity contribution in [2.45, 2.75) is 26.3 Å². The van der Waals surface area contributed by atoms with E-state index in [2.05, 4.69) is 11.1 Å². The number of nitrogen functional groups attached to an aromatic ring is 1. The number of hydrogen-bond donors (Lipinski definition) is 2. The predicted molar refractivity (Wildman–Crippen MR) is 114 cm³/mol. The van der Waals surface area contributed by atoms with Crippen molar-refractivity contribution in [1.82, 2.24) is 9.55 Å². The second kappa shape index (κ2) is 7.28. The number of anilines is 1. The lowest BCUT2D eigenvalue weighted by atomic mass is 9.96. The van der Waals surface area contributed by atoms with Crippen LogP contribution in [-0.2, 0) is 6.54 Å². The number of benzene rings is 2. The molecule has 4 rings (SSSR count). The summed E-state index contributed by atoms with van der Waals surface area (Å²) in [6.45, 7) is 2.46. The third kappa shape index (κ3) is 2.88. The maximum atomic E-state index is 13.1. The van der Waals surface area contributed by atoms with Gasteiger partial charge in [0.25, 0.3) is 5.56 Å². The van der Waals surface area contributed by atoms with Crippen LogP contribution >= 0.6 is 0 Å². The molecule has 0 amide bonds. The summed E-state index contributed by atoms with van der Waals surface area (Å²) in [6.07, 6.45) is 3.29. The normalized spacial score (nSPS) is 12.3. The zero-order valence-electron chi connectivity index (χ0n) is 16.0. The fourth-order valence-corrected chi connectivity index (χ4v) is 3.80. The Labute approximate surface area is 167 Å². The van der Waals surface area contributed by atoms with E-state index in [4.69, 9.17) is 5.73 Å². The molecule has 0 fully saturated rings. The van der Waals surface area contributed by atoms with Crippen LogP contribution in [-0.4, -0.2) is 14.7 Å². The first-order chi connectivity index (χ1) is 14.1. The number of aromatic hydroxyl groups is 1. The minimum absolute atomic E-state index is 0.0956. The number of nitrogens with zero attached hydrogens (tertiary/aromatic N) is 3. The Morgan fingerprint density at radius 2 is 2.00 bits per heavy atom. The van der Waals surface area contributed by atoms with Gasteiger partial charge in [-0.1, -0.05) is 31.5 Å². The second-order valence-electron chi connectivity index (χ2n) is 6.95. The van der Waals surface area contributed by atoms with Gasteiger partial charge in [0.1, 0.15) is 6.07 Å². The molecular formula is C23H20N4O2. The SMILES string of the molecule is CCCCn1c(O)c2cc(N)/c(=C(/C#N)c3ccccn3)c3cccc(c1=O)c23. The molecule has 0 unspecified atom stereocenters. The van der Waals surface area contributed by atoms with E-state index in [0.29, 0.717) is 50.3 Å². The molecule has 0 aliphatic rings. The van der Waals surface area contributed by atoms with Crippen LogP contribution in [0.3, 0.4) is 0 Å². The Morgan fingerprint density at radius 1 is 1.21 bits per heavy atom. The molecule has 0 radical (unpaired) electrons. The summed E-state index contributed by atoms with van der Waals surface area (Å²) >= 11 is 0. The average Bonchev–Trinajstić information content (AvgIpc) is 2.74. The Kier molecular flexibility index (Phi) is 4.65. The Bertz CT molecular complexity index is 1380. The zero-order valence-corrected chi connectivity index (χ0v) is 16.0. The molecule has 0 aliphatic carbocycles. The van der Waals surface area contributed by atoms with E-state index >= 15 is 0 Å². The monoisotopic (exact) mass is 384 g/mol. The number of aromatic nitrogens is 2. The summed E-state index contributed by atoms with van der Waals surface area (Å²) < 4.78 is 1.40. The van der Waals surface area contributed by atoms with E-state index in [1.165, 1.54) is 4.57 Å². The number of rotatable bonds is 4. The average molecular weight is 384 g/mol. The minimum Gasteiger partial charge on any atom is -0.494 e. The molecule has 0 aliphatic heterocycles. The highest BCUT2D eigenvalue weighted by atomic mass is 16.3. The van der Waals surface area contributed by atoms with Gasteiger partial charge in [-0.25, -0.2) is 0 Å². The van der Waals surface area contributed by atoms with Gasteiger partial charge in [-0.05, 0) is 36.1 Å². The molecule has 4 aromatic rings. The summed E-state index contributed by atoms with van der Waals surface area (Å²) in [5.41, 5.74) is 7.30. The lowest BCUT2D eigenvalue weighted by Gasteiger charge is -2.15. The summed E-state index contributed by atoms with van der Waals surface area (Å²) in [5.74, 6) is -0.0956. The van der Waals surface area contributed by atoms with Crippen LogP contribution in [0.5, 0.6) is 5.88 Å². The first-order valence-corrected chi connectivity index (χ1v) is 9.50. The Balaban J connectivity index is 2.22. The number of unbranched alkanes of at least 4 members (excludes halogenated alkanes) is 1. The van der Waals surface area contributed by atoms with Crippen molar-refractivity contribution in [3.05, 3.63) is 69.9 Å². The number of hydrogen-bond acceptors (Lipinski definition) is 5. The van der Waals surface area contributed by atoms with Gasteiger partial charge < -0.3 is 10.8 Å². The first-order valence-electron chi connectivity index (χ1n) is 9.50.